The first-order valence-corrected chi connectivity index (χ1v) is 7.13. The van der Waals surface area contributed by atoms with Crippen LogP contribution in [-0.2, 0) is 4.79 Å². The number of carbonyl (C=O) groups is 2. The number of hydrogen-bond acceptors (Lipinski definition) is 7. The molecule has 110 valence electrons. The quantitative estimate of drug-likeness (QED) is 0.549. The normalized spacial score (nSPS) is 16.8. The predicted octanol–water partition coefficient (Wildman–Crippen LogP) is -1.26. The summed E-state index contributed by atoms with van der Waals surface area (Å²) in [5.41, 5.74) is 10.9. The Kier molecular flexibility index (Phi) is 4.40. The minimum absolute atomic E-state index is 0.178. The molecule has 9 heteroatoms. The lowest BCUT2D eigenvalue weighted by atomic mass is 10.3. The highest BCUT2D eigenvalue weighted by molar-refractivity contribution is 7.18. The molecule has 1 unspecified atom stereocenters. The maximum absolute atomic E-state index is 12.0. The average molecular weight is 298 g/mol. The third-order valence-electron chi connectivity index (χ3n) is 3.01. The van der Waals surface area contributed by atoms with Crippen molar-refractivity contribution in [3.05, 3.63) is 4.88 Å². The molecule has 0 bridgehead atoms. The molecule has 1 aliphatic rings. The second kappa shape index (κ2) is 6.06. The Morgan fingerprint density at radius 2 is 2.10 bits per heavy atom. The number of piperazine rings is 1. The third kappa shape index (κ3) is 3.17. The molecule has 2 amide bonds. The number of nitrogen functional groups attached to an aromatic ring is 1. The van der Waals surface area contributed by atoms with E-state index in [1.807, 2.05) is 0 Å². The van der Waals surface area contributed by atoms with Crippen molar-refractivity contribution in [1.29, 1.82) is 0 Å². The lowest BCUT2D eigenvalue weighted by Gasteiger charge is -2.26. The molecule has 1 atom stereocenters. The molecule has 1 saturated heterocycles. The molecule has 0 saturated carbocycles. The van der Waals surface area contributed by atoms with Crippen molar-refractivity contribution in [3.8, 4) is 0 Å². The molecule has 6 N–H and O–H groups in total. The molecule has 0 aliphatic carbocycles. The number of nitrogens with zero attached hydrogens (tertiary/aromatic N) is 2. The van der Waals surface area contributed by atoms with Gasteiger partial charge in [-0.05, 0) is 6.92 Å². The van der Waals surface area contributed by atoms with Crippen LogP contribution in [0.1, 0.15) is 16.6 Å². The van der Waals surface area contributed by atoms with E-state index in [0.29, 0.717) is 4.88 Å². The zero-order valence-corrected chi connectivity index (χ0v) is 12.0. The van der Waals surface area contributed by atoms with Gasteiger partial charge in [0.2, 0.25) is 5.91 Å². The van der Waals surface area contributed by atoms with E-state index in [1.54, 1.807) is 0 Å². The van der Waals surface area contributed by atoms with Gasteiger partial charge in [-0.15, -0.1) is 0 Å². The van der Waals surface area contributed by atoms with E-state index >= 15 is 0 Å². The van der Waals surface area contributed by atoms with E-state index in [-0.39, 0.29) is 5.82 Å². The van der Waals surface area contributed by atoms with Gasteiger partial charge in [0.15, 0.2) is 5.13 Å². The summed E-state index contributed by atoms with van der Waals surface area (Å²) in [7, 11) is 0. The molecule has 1 aromatic rings. The number of rotatable bonds is 4. The van der Waals surface area contributed by atoms with Crippen LogP contribution in [0.25, 0.3) is 0 Å². The van der Waals surface area contributed by atoms with E-state index in [2.05, 4.69) is 20.5 Å². The molecular weight excluding hydrogens is 280 g/mol. The SMILES string of the molecule is CC(NC(=O)c1sc(N2CCNCC2)nc1N)C(N)=O. The maximum atomic E-state index is 12.0. The largest absolute Gasteiger partial charge is 0.382 e. The minimum atomic E-state index is -0.744. The topological polar surface area (TPSA) is 126 Å². The summed E-state index contributed by atoms with van der Waals surface area (Å²) >= 11 is 1.23. The Morgan fingerprint density at radius 3 is 2.70 bits per heavy atom. The standard InChI is InChI=1S/C11H18N6O2S/c1-6(9(13)18)15-10(19)7-8(12)16-11(20-7)17-4-2-14-3-5-17/h6,14H,2-5,12H2,1H3,(H2,13,18)(H,15,19). The lowest BCUT2D eigenvalue weighted by Crippen LogP contribution is -2.43. The van der Waals surface area contributed by atoms with Crippen LogP contribution in [0.15, 0.2) is 0 Å². The van der Waals surface area contributed by atoms with Crippen molar-refractivity contribution in [2.45, 2.75) is 13.0 Å². The Labute approximate surface area is 120 Å². The van der Waals surface area contributed by atoms with E-state index < -0.39 is 17.9 Å². The summed E-state index contributed by atoms with van der Waals surface area (Å²) in [6.07, 6.45) is 0. The summed E-state index contributed by atoms with van der Waals surface area (Å²) in [5.74, 6) is -0.839. The molecule has 8 nitrogen and oxygen atoms in total. The van der Waals surface area contributed by atoms with Crippen LogP contribution < -0.4 is 27.0 Å². The molecule has 2 rings (SSSR count). The van der Waals surface area contributed by atoms with Crippen molar-refractivity contribution >= 4 is 34.1 Å². The number of hydrogen-bond donors (Lipinski definition) is 4. The fourth-order valence-electron chi connectivity index (χ4n) is 1.81. The Hall–Kier alpha value is -1.87. The number of aromatic nitrogens is 1. The molecule has 1 fully saturated rings. The van der Waals surface area contributed by atoms with Crippen molar-refractivity contribution in [2.75, 3.05) is 36.8 Å². The minimum Gasteiger partial charge on any atom is -0.382 e. The van der Waals surface area contributed by atoms with Crippen molar-refractivity contribution < 1.29 is 9.59 Å². The Bertz CT molecular complexity index is 511. The van der Waals surface area contributed by atoms with Crippen LogP contribution in [0.5, 0.6) is 0 Å². The van der Waals surface area contributed by atoms with Gasteiger partial charge in [0, 0.05) is 26.2 Å². The van der Waals surface area contributed by atoms with Gasteiger partial charge in [-0.2, -0.15) is 0 Å². The molecular formula is C11H18N6O2S. The molecule has 0 radical (unpaired) electrons. The molecule has 0 aromatic carbocycles. The molecule has 0 spiro atoms. The first kappa shape index (κ1) is 14.5. The first-order chi connectivity index (χ1) is 9.49. The van der Waals surface area contributed by atoms with Crippen LogP contribution in [-0.4, -0.2) is 49.0 Å². The van der Waals surface area contributed by atoms with Crippen molar-refractivity contribution in [3.63, 3.8) is 0 Å². The second-order valence-electron chi connectivity index (χ2n) is 4.55. The summed E-state index contributed by atoms with van der Waals surface area (Å²) in [6, 6.07) is -0.744. The average Bonchev–Trinajstić information content (AvgIpc) is 2.81. The zero-order valence-electron chi connectivity index (χ0n) is 11.2. The number of thiazole rings is 1. The summed E-state index contributed by atoms with van der Waals surface area (Å²) in [6.45, 7) is 4.92. The van der Waals surface area contributed by atoms with Gasteiger partial charge < -0.3 is 27.0 Å². The fraction of sp³-hybridized carbons (Fsp3) is 0.545. The fourth-order valence-corrected chi connectivity index (χ4v) is 2.75. The van der Waals surface area contributed by atoms with E-state index in [1.165, 1.54) is 18.3 Å². The van der Waals surface area contributed by atoms with Gasteiger partial charge in [-0.25, -0.2) is 4.98 Å². The smallest absolute Gasteiger partial charge is 0.265 e. The lowest BCUT2D eigenvalue weighted by molar-refractivity contribution is -0.119. The highest BCUT2D eigenvalue weighted by Crippen LogP contribution is 2.28. The highest BCUT2D eigenvalue weighted by Gasteiger charge is 2.22. The van der Waals surface area contributed by atoms with Crippen LogP contribution >= 0.6 is 11.3 Å². The monoisotopic (exact) mass is 298 g/mol. The van der Waals surface area contributed by atoms with Gasteiger partial charge in [-0.1, -0.05) is 11.3 Å². The van der Waals surface area contributed by atoms with Gasteiger partial charge in [0.25, 0.3) is 5.91 Å². The van der Waals surface area contributed by atoms with Gasteiger partial charge in [0.05, 0.1) is 0 Å². The number of nitrogens with one attached hydrogen (secondary N) is 2. The van der Waals surface area contributed by atoms with Crippen LogP contribution in [0.4, 0.5) is 10.9 Å². The summed E-state index contributed by atoms with van der Waals surface area (Å²) < 4.78 is 0. The Balaban J connectivity index is 2.10. The predicted molar refractivity (Wildman–Crippen MR) is 77.7 cm³/mol. The van der Waals surface area contributed by atoms with E-state index in [9.17, 15) is 9.59 Å². The van der Waals surface area contributed by atoms with Crippen LogP contribution in [0.3, 0.4) is 0 Å². The molecule has 2 heterocycles. The zero-order chi connectivity index (χ0) is 14.7. The Morgan fingerprint density at radius 1 is 1.45 bits per heavy atom. The number of primary amides is 1. The van der Waals surface area contributed by atoms with Crippen LogP contribution in [0.2, 0.25) is 0 Å². The number of nitrogens with two attached hydrogens (primary N) is 2. The molecule has 20 heavy (non-hydrogen) atoms. The summed E-state index contributed by atoms with van der Waals surface area (Å²) in [4.78, 5) is 29.6. The third-order valence-corrected chi connectivity index (χ3v) is 4.14. The van der Waals surface area contributed by atoms with Gasteiger partial charge in [0.1, 0.15) is 16.7 Å². The number of anilines is 2. The van der Waals surface area contributed by atoms with Crippen LogP contribution in [0, 0.1) is 0 Å². The molecule has 1 aromatic heterocycles. The summed E-state index contributed by atoms with van der Waals surface area (Å²) in [5, 5.41) is 6.46. The van der Waals surface area contributed by atoms with E-state index in [4.69, 9.17) is 11.5 Å². The van der Waals surface area contributed by atoms with Crippen molar-refractivity contribution in [2.24, 2.45) is 5.73 Å². The van der Waals surface area contributed by atoms with E-state index in [0.717, 1.165) is 31.3 Å². The number of carbonyl (C=O) groups excluding carboxylic acids is 2. The maximum Gasteiger partial charge on any atom is 0.265 e. The van der Waals surface area contributed by atoms with Gasteiger partial charge in [-0.3, -0.25) is 9.59 Å². The molecule has 1 aliphatic heterocycles. The highest BCUT2D eigenvalue weighted by atomic mass is 32.1. The first-order valence-electron chi connectivity index (χ1n) is 6.31. The van der Waals surface area contributed by atoms with Gasteiger partial charge >= 0.3 is 0 Å². The number of amides is 2. The second-order valence-corrected chi connectivity index (χ2v) is 5.52. The van der Waals surface area contributed by atoms with Crippen molar-refractivity contribution in [1.82, 2.24) is 15.6 Å².